The van der Waals surface area contributed by atoms with Crippen LogP contribution in [0.4, 0.5) is 0 Å². The highest BCUT2D eigenvalue weighted by Gasteiger charge is 2.29. The number of guanidine groups is 1. The molecule has 2 aliphatic rings. The number of fused-ring (bicyclic) bond motifs is 1. The third-order valence-corrected chi connectivity index (χ3v) is 7.37. The average Bonchev–Trinajstić information content (AvgIpc) is 3.21. The molecule has 0 aromatic carbocycles. The summed E-state index contributed by atoms with van der Waals surface area (Å²) in [5.41, 5.74) is 1.53. The molecular formula is C18H31IN4S2. The maximum absolute atomic E-state index is 4.83. The summed E-state index contributed by atoms with van der Waals surface area (Å²) in [5.74, 6) is 2.26. The van der Waals surface area contributed by atoms with Gasteiger partial charge in [-0.3, -0.25) is 9.89 Å². The van der Waals surface area contributed by atoms with Crippen LogP contribution in [0.25, 0.3) is 0 Å². The van der Waals surface area contributed by atoms with Crippen molar-refractivity contribution in [3.05, 3.63) is 21.9 Å². The molecule has 1 fully saturated rings. The van der Waals surface area contributed by atoms with E-state index in [4.69, 9.17) is 4.99 Å². The number of nitrogens with one attached hydrogen (secondary N) is 2. The normalized spacial score (nSPS) is 23.8. The Morgan fingerprint density at radius 2 is 2.28 bits per heavy atom. The largest absolute Gasteiger partial charge is 0.357 e. The summed E-state index contributed by atoms with van der Waals surface area (Å²) in [6, 6.07) is 2.28. The van der Waals surface area contributed by atoms with Crippen molar-refractivity contribution in [3.63, 3.8) is 0 Å². The van der Waals surface area contributed by atoms with E-state index in [1.807, 2.05) is 11.3 Å². The lowest BCUT2D eigenvalue weighted by Gasteiger charge is -2.27. The molecule has 142 valence electrons. The van der Waals surface area contributed by atoms with Gasteiger partial charge in [0.1, 0.15) is 0 Å². The zero-order chi connectivity index (χ0) is 16.8. The predicted octanol–water partition coefficient (Wildman–Crippen LogP) is 3.57. The van der Waals surface area contributed by atoms with Crippen molar-refractivity contribution in [1.82, 2.24) is 15.5 Å². The number of nitrogens with zero attached hydrogens (tertiary/aromatic N) is 2. The fourth-order valence-electron chi connectivity index (χ4n) is 3.38. The first-order chi connectivity index (χ1) is 11.7. The van der Waals surface area contributed by atoms with Crippen LogP contribution in [0, 0.1) is 0 Å². The lowest BCUT2D eigenvalue weighted by molar-refractivity contribution is 0.260. The van der Waals surface area contributed by atoms with E-state index in [2.05, 4.69) is 52.6 Å². The predicted molar refractivity (Wildman–Crippen MR) is 123 cm³/mol. The van der Waals surface area contributed by atoms with Crippen molar-refractivity contribution in [2.45, 2.75) is 44.4 Å². The molecule has 7 heteroatoms. The molecule has 25 heavy (non-hydrogen) atoms. The minimum absolute atomic E-state index is 0. The van der Waals surface area contributed by atoms with Gasteiger partial charge in [-0.15, -0.1) is 35.3 Å². The molecule has 0 amide bonds. The first kappa shape index (κ1) is 21.3. The van der Waals surface area contributed by atoms with Crippen LogP contribution in [0.2, 0.25) is 0 Å². The quantitative estimate of drug-likeness (QED) is 0.361. The van der Waals surface area contributed by atoms with E-state index < -0.39 is 0 Å². The van der Waals surface area contributed by atoms with E-state index >= 15 is 0 Å². The van der Waals surface area contributed by atoms with Crippen molar-refractivity contribution < 1.29 is 0 Å². The highest BCUT2D eigenvalue weighted by molar-refractivity contribution is 14.0. The molecule has 0 bridgehead atoms. The van der Waals surface area contributed by atoms with Crippen LogP contribution in [-0.2, 0) is 13.0 Å². The molecule has 0 spiro atoms. The standard InChI is InChI=1S/C18H30N4S2.HI/c1-3-19-17(21-14-18(2)7-4-11-24-18)20-8-10-22-9-5-16-15(13-22)6-12-23-16;/h6,12H,3-5,7-11,13-14H2,1-2H3,(H2,19,20,21);1H. The number of hydrogen-bond acceptors (Lipinski definition) is 4. The molecule has 1 aromatic rings. The summed E-state index contributed by atoms with van der Waals surface area (Å²) >= 11 is 3.98. The monoisotopic (exact) mass is 494 g/mol. The first-order valence-electron chi connectivity index (χ1n) is 9.12. The van der Waals surface area contributed by atoms with Crippen LogP contribution in [0.1, 0.15) is 37.1 Å². The van der Waals surface area contributed by atoms with Gasteiger partial charge in [0.25, 0.3) is 0 Å². The Kier molecular flexibility index (Phi) is 8.84. The topological polar surface area (TPSA) is 39.7 Å². The molecule has 0 radical (unpaired) electrons. The zero-order valence-electron chi connectivity index (χ0n) is 15.3. The molecule has 1 aromatic heterocycles. The van der Waals surface area contributed by atoms with Crippen molar-refractivity contribution in [2.24, 2.45) is 4.99 Å². The number of thioether (sulfide) groups is 1. The van der Waals surface area contributed by atoms with E-state index in [-0.39, 0.29) is 24.0 Å². The lowest BCUT2D eigenvalue weighted by atomic mass is 10.1. The Morgan fingerprint density at radius 1 is 1.40 bits per heavy atom. The van der Waals surface area contributed by atoms with Gasteiger partial charge in [0.15, 0.2) is 5.96 Å². The molecule has 0 aliphatic carbocycles. The fraction of sp³-hybridized carbons (Fsp3) is 0.722. The summed E-state index contributed by atoms with van der Waals surface area (Å²) in [7, 11) is 0. The van der Waals surface area contributed by atoms with Gasteiger partial charge in [0.2, 0.25) is 0 Å². The summed E-state index contributed by atoms with van der Waals surface area (Å²) in [4.78, 5) is 8.96. The number of halogens is 1. The molecular weight excluding hydrogens is 463 g/mol. The lowest BCUT2D eigenvalue weighted by Crippen LogP contribution is -2.43. The van der Waals surface area contributed by atoms with Crippen molar-refractivity contribution >= 4 is 53.0 Å². The second kappa shape index (κ2) is 10.4. The average molecular weight is 495 g/mol. The molecule has 2 aliphatic heterocycles. The summed E-state index contributed by atoms with van der Waals surface area (Å²) in [5, 5.41) is 9.13. The SMILES string of the molecule is CCNC(=NCC1(C)CCCS1)NCCN1CCc2sccc2C1.I. The third-order valence-electron chi connectivity index (χ3n) is 4.82. The van der Waals surface area contributed by atoms with Gasteiger partial charge in [0.05, 0.1) is 6.54 Å². The molecule has 3 rings (SSSR count). The first-order valence-corrected chi connectivity index (χ1v) is 11.0. The van der Waals surface area contributed by atoms with E-state index in [0.717, 1.165) is 38.7 Å². The van der Waals surface area contributed by atoms with Crippen LogP contribution in [0.3, 0.4) is 0 Å². The van der Waals surface area contributed by atoms with E-state index in [1.165, 1.54) is 37.1 Å². The maximum atomic E-state index is 4.83. The van der Waals surface area contributed by atoms with Gasteiger partial charge in [-0.2, -0.15) is 11.8 Å². The molecule has 1 atom stereocenters. The van der Waals surface area contributed by atoms with Gasteiger partial charge < -0.3 is 10.6 Å². The molecule has 1 saturated heterocycles. The van der Waals surface area contributed by atoms with Gasteiger partial charge in [0, 0.05) is 42.3 Å². The van der Waals surface area contributed by atoms with Crippen LogP contribution < -0.4 is 10.6 Å². The molecule has 3 heterocycles. The van der Waals surface area contributed by atoms with Gasteiger partial charge in [-0.1, -0.05) is 0 Å². The minimum atomic E-state index is 0. The van der Waals surface area contributed by atoms with Gasteiger partial charge >= 0.3 is 0 Å². The highest BCUT2D eigenvalue weighted by atomic mass is 127. The van der Waals surface area contributed by atoms with Crippen LogP contribution in [-0.4, -0.2) is 54.1 Å². The highest BCUT2D eigenvalue weighted by Crippen LogP contribution is 2.37. The van der Waals surface area contributed by atoms with Gasteiger partial charge in [-0.05, 0) is 55.9 Å². The molecule has 0 saturated carbocycles. The minimum Gasteiger partial charge on any atom is -0.357 e. The Labute approximate surface area is 177 Å². The van der Waals surface area contributed by atoms with Crippen LogP contribution >= 0.6 is 47.1 Å². The smallest absolute Gasteiger partial charge is 0.191 e. The summed E-state index contributed by atoms with van der Waals surface area (Å²) < 4.78 is 0.338. The second-order valence-corrected chi connectivity index (χ2v) is 9.60. The van der Waals surface area contributed by atoms with Crippen LogP contribution in [0.15, 0.2) is 16.4 Å². The van der Waals surface area contributed by atoms with E-state index in [0.29, 0.717) is 4.75 Å². The number of aliphatic imine (C=N–C) groups is 1. The Morgan fingerprint density at radius 3 is 3.04 bits per heavy atom. The Hall–Kier alpha value is 0.01000. The second-order valence-electron chi connectivity index (χ2n) is 6.92. The van der Waals surface area contributed by atoms with E-state index in [9.17, 15) is 0 Å². The molecule has 1 unspecified atom stereocenters. The zero-order valence-corrected chi connectivity index (χ0v) is 19.3. The van der Waals surface area contributed by atoms with Crippen LogP contribution in [0.5, 0.6) is 0 Å². The third kappa shape index (κ3) is 6.29. The number of rotatable bonds is 6. The Balaban J connectivity index is 0.00000225. The number of hydrogen-bond donors (Lipinski definition) is 2. The van der Waals surface area contributed by atoms with Crippen molar-refractivity contribution in [1.29, 1.82) is 0 Å². The van der Waals surface area contributed by atoms with Gasteiger partial charge in [-0.25, -0.2) is 0 Å². The summed E-state index contributed by atoms with van der Waals surface area (Å²) in [6.45, 7) is 10.6. The fourth-order valence-corrected chi connectivity index (χ4v) is 5.50. The van der Waals surface area contributed by atoms with Crippen molar-refractivity contribution in [3.8, 4) is 0 Å². The van der Waals surface area contributed by atoms with E-state index in [1.54, 1.807) is 4.88 Å². The maximum Gasteiger partial charge on any atom is 0.191 e. The molecule has 4 nitrogen and oxygen atoms in total. The molecule has 2 N–H and O–H groups in total. The Bertz CT molecular complexity index is 555. The van der Waals surface area contributed by atoms with Crippen molar-refractivity contribution in [2.75, 3.05) is 38.5 Å². The number of thiophene rings is 1. The summed E-state index contributed by atoms with van der Waals surface area (Å²) in [6.07, 6.45) is 3.83.